The van der Waals surface area contributed by atoms with E-state index in [9.17, 15) is 21.6 Å². The van der Waals surface area contributed by atoms with Gasteiger partial charge in [0.05, 0.1) is 22.8 Å². The largest absolute Gasteiger partial charge is 0.416 e. The number of likely N-dealkylation sites (N-methyl/N-ethyl adjacent to an activating group) is 1. The topological polar surface area (TPSA) is 63.4 Å². The molecule has 0 radical (unpaired) electrons. The summed E-state index contributed by atoms with van der Waals surface area (Å²) in [5, 5.41) is 0. The van der Waals surface area contributed by atoms with Gasteiger partial charge in [0.25, 0.3) is 0 Å². The van der Waals surface area contributed by atoms with E-state index in [0.29, 0.717) is 0 Å². The van der Waals surface area contributed by atoms with Gasteiger partial charge in [-0.3, -0.25) is 0 Å². The van der Waals surface area contributed by atoms with Gasteiger partial charge in [-0.1, -0.05) is 30.4 Å². The van der Waals surface area contributed by atoms with Gasteiger partial charge in [-0.15, -0.1) is 0 Å². The maximum Gasteiger partial charge on any atom is 0.416 e. The van der Waals surface area contributed by atoms with Crippen LogP contribution in [0.25, 0.3) is 0 Å². The van der Waals surface area contributed by atoms with Crippen molar-refractivity contribution in [2.45, 2.75) is 11.9 Å². The summed E-state index contributed by atoms with van der Waals surface area (Å²) < 4.78 is 62.4. The highest BCUT2D eigenvalue weighted by atomic mass is 32.2. The normalized spacial score (nSPS) is 12.7. The first-order valence-corrected chi connectivity index (χ1v) is 7.42. The average Bonchev–Trinajstić information content (AvgIpc) is 2.26. The second-order valence-electron chi connectivity index (χ2n) is 4.18. The lowest BCUT2D eigenvalue weighted by molar-refractivity contribution is -0.137. The summed E-state index contributed by atoms with van der Waals surface area (Å²) in [4.78, 5) is -0.0138. The van der Waals surface area contributed by atoms with Crippen LogP contribution in [0.5, 0.6) is 0 Å². The molecular weight excluding hydrogens is 313 g/mol. The molecule has 0 spiro atoms. The number of hydrogen-bond donors (Lipinski definition) is 1. The fraction of sp³-hybridized carbons (Fsp3) is 0.364. The summed E-state index contributed by atoms with van der Waals surface area (Å²) in [6.45, 7) is -0.156. The number of halogens is 3. The molecule has 0 amide bonds. The number of alkyl halides is 3. The maximum atomic E-state index is 12.5. The second-order valence-corrected chi connectivity index (χ2v) is 6.78. The quantitative estimate of drug-likeness (QED) is 0.838. The minimum Gasteiger partial charge on any atom is -0.392 e. The van der Waals surface area contributed by atoms with Crippen LogP contribution < -0.4 is 5.73 Å². The van der Waals surface area contributed by atoms with Gasteiger partial charge in [-0.2, -0.15) is 17.5 Å². The molecule has 4 nitrogen and oxygen atoms in total. The van der Waals surface area contributed by atoms with Crippen molar-refractivity contribution in [3.63, 3.8) is 0 Å². The third kappa shape index (κ3) is 4.73. The molecule has 0 aromatic heterocycles. The summed E-state index contributed by atoms with van der Waals surface area (Å²) in [5.74, 6) is -0.546. The molecule has 0 bridgehead atoms. The summed E-state index contributed by atoms with van der Waals surface area (Å²) in [7, 11) is -2.51. The number of sulfonamides is 1. The molecule has 9 heteroatoms. The van der Waals surface area contributed by atoms with Gasteiger partial charge in [0, 0.05) is 7.05 Å². The minimum atomic E-state index is -4.51. The molecule has 0 aliphatic heterocycles. The molecule has 0 aliphatic rings. The molecule has 2 N–H and O–H groups in total. The summed E-state index contributed by atoms with van der Waals surface area (Å²) in [6, 6.07) is 4.18. The zero-order chi connectivity index (χ0) is 15.6. The highest BCUT2D eigenvalue weighted by Gasteiger charge is 2.31. The Bertz CT molecular complexity index is 600. The Kier molecular flexibility index (Phi) is 5.11. The molecule has 0 fully saturated rings. The molecule has 1 aromatic carbocycles. The molecule has 0 saturated heterocycles. The highest BCUT2D eigenvalue weighted by Crippen LogP contribution is 2.29. The van der Waals surface area contributed by atoms with Gasteiger partial charge in [0.2, 0.25) is 10.0 Å². The molecule has 0 heterocycles. The monoisotopic (exact) mass is 326 g/mol. The molecule has 0 saturated carbocycles. The van der Waals surface area contributed by atoms with E-state index in [0.717, 1.165) is 16.4 Å². The van der Waals surface area contributed by atoms with Gasteiger partial charge in [-0.25, -0.2) is 8.42 Å². The molecule has 20 heavy (non-hydrogen) atoms. The SMILES string of the molecule is CN(CC(N)=S)S(=O)(=O)Cc1cccc(C(F)(F)F)c1. The number of nitrogens with two attached hydrogens (primary N) is 1. The molecule has 0 atom stereocenters. The van der Waals surface area contributed by atoms with Crippen molar-refractivity contribution in [3.05, 3.63) is 35.4 Å². The highest BCUT2D eigenvalue weighted by molar-refractivity contribution is 7.88. The first-order chi connectivity index (χ1) is 9.02. The Labute approximate surface area is 120 Å². The first kappa shape index (κ1) is 16.9. The van der Waals surface area contributed by atoms with Crippen LogP contribution in [0, 0.1) is 0 Å². The number of rotatable bonds is 5. The molecule has 112 valence electrons. The van der Waals surface area contributed by atoms with Crippen molar-refractivity contribution in [3.8, 4) is 0 Å². The zero-order valence-corrected chi connectivity index (χ0v) is 12.1. The number of hydrogen-bond acceptors (Lipinski definition) is 3. The van der Waals surface area contributed by atoms with Gasteiger partial charge < -0.3 is 5.73 Å². The van der Waals surface area contributed by atoms with Crippen molar-refractivity contribution in [2.24, 2.45) is 5.73 Å². The lowest BCUT2D eigenvalue weighted by Gasteiger charge is -2.16. The van der Waals surface area contributed by atoms with Crippen molar-refractivity contribution in [1.29, 1.82) is 0 Å². The molecule has 1 rings (SSSR count). The van der Waals surface area contributed by atoms with Crippen molar-refractivity contribution in [2.75, 3.05) is 13.6 Å². The van der Waals surface area contributed by atoms with E-state index in [2.05, 4.69) is 12.2 Å². The van der Waals surface area contributed by atoms with E-state index in [1.807, 2.05) is 0 Å². The van der Waals surface area contributed by atoms with Crippen molar-refractivity contribution in [1.82, 2.24) is 4.31 Å². The van der Waals surface area contributed by atoms with Crippen LogP contribution in [-0.2, 0) is 22.0 Å². The van der Waals surface area contributed by atoms with Gasteiger partial charge in [-0.05, 0) is 11.6 Å². The van der Waals surface area contributed by atoms with Crippen LogP contribution in [0.1, 0.15) is 11.1 Å². The Morgan fingerprint density at radius 3 is 2.50 bits per heavy atom. The van der Waals surface area contributed by atoms with E-state index >= 15 is 0 Å². The van der Waals surface area contributed by atoms with Crippen molar-refractivity contribution >= 4 is 27.2 Å². The summed E-state index contributed by atoms with van der Waals surface area (Å²) >= 11 is 4.60. The Morgan fingerprint density at radius 1 is 1.40 bits per heavy atom. The fourth-order valence-corrected chi connectivity index (χ4v) is 2.91. The summed E-state index contributed by atoms with van der Waals surface area (Å²) in [5.41, 5.74) is 4.40. The van der Waals surface area contributed by atoms with Gasteiger partial charge >= 0.3 is 6.18 Å². The smallest absolute Gasteiger partial charge is 0.392 e. The number of nitrogens with zero attached hydrogens (tertiary/aromatic N) is 1. The van der Waals surface area contributed by atoms with Crippen LogP contribution in [0.3, 0.4) is 0 Å². The Morgan fingerprint density at radius 2 is 2.00 bits per heavy atom. The average molecular weight is 326 g/mol. The van der Waals surface area contributed by atoms with Crippen LogP contribution in [-0.4, -0.2) is 31.3 Å². The third-order valence-electron chi connectivity index (χ3n) is 2.46. The van der Waals surface area contributed by atoms with E-state index in [-0.39, 0.29) is 17.1 Å². The van der Waals surface area contributed by atoms with E-state index in [1.165, 1.54) is 19.2 Å². The maximum absolute atomic E-state index is 12.5. The fourth-order valence-electron chi connectivity index (χ4n) is 1.48. The van der Waals surface area contributed by atoms with Crippen LogP contribution in [0.15, 0.2) is 24.3 Å². The predicted octanol–water partition coefficient (Wildman–Crippen LogP) is 1.75. The Hall–Kier alpha value is -1.19. The molecule has 0 aliphatic carbocycles. The standard InChI is InChI=1S/C11H13F3N2O2S2/c1-16(6-10(15)19)20(17,18)7-8-3-2-4-9(5-8)11(12,13)14/h2-5H,6-7H2,1H3,(H2,15,19). The van der Waals surface area contributed by atoms with Crippen molar-refractivity contribution < 1.29 is 21.6 Å². The Balaban J connectivity index is 2.96. The lowest BCUT2D eigenvalue weighted by Crippen LogP contribution is -2.35. The number of thiocarbonyl (C=S) groups is 1. The summed E-state index contributed by atoms with van der Waals surface area (Å²) in [6.07, 6.45) is -4.51. The van der Waals surface area contributed by atoms with Crippen LogP contribution in [0.4, 0.5) is 13.2 Å². The van der Waals surface area contributed by atoms with Crippen LogP contribution in [0.2, 0.25) is 0 Å². The van der Waals surface area contributed by atoms with Gasteiger partial charge in [0.1, 0.15) is 0 Å². The number of benzene rings is 1. The third-order valence-corrected chi connectivity index (χ3v) is 4.36. The van der Waals surface area contributed by atoms with Gasteiger partial charge in [0.15, 0.2) is 0 Å². The van der Waals surface area contributed by atoms with E-state index in [4.69, 9.17) is 5.73 Å². The molecular formula is C11H13F3N2O2S2. The second kappa shape index (κ2) is 6.06. The predicted molar refractivity (Wildman–Crippen MR) is 73.5 cm³/mol. The first-order valence-electron chi connectivity index (χ1n) is 5.41. The molecule has 1 aromatic rings. The minimum absolute atomic E-state index is 0.0138. The van der Waals surface area contributed by atoms with E-state index in [1.54, 1.807) is 0 Å². The van der Waals surface area contributed by atoms with E-state index < -0.39 is 27.5 Å². The molecule has 0 unspecified atom stereocenters. The van der Waals surface area contributed by atoms with Crippen LogP contribution >= 0.6 is 12.2 Å². The lowest BCUT2D eigenvalue weighted by atomic mass is 10.1. The zero-order valence-electron chi connectivity index (χ0n) is 10.5.